The van der Waals surface area contributed by atoms with Gasteiger partial charge < -0.3 is 4.74 Å². The van der Waals surface area contributed by atoms with Crippen molar-refractivity contribution in [3.8, 4) is 5.88 Å². The van der Waals surface area contributed by atoms with Crippen molar-refractivity contribution in [2.24, 2.45) is 11.8 Å². The minimum Gasteiger partial charge on any atom is -0.477 e. The van der Waals surface area contributed by atoms with Crippen molar-refractivity contribution >= 4 is 31.9 Å². The lowest BCUT2D eigenvalue weighted by molar-refractivity contribution is 0.191. The van der Waals surface area contributed by atoms with Gasteiger partial charge in [-0.15, -0.1) is 0 Å². The maximum Gasteiger partial charge on any atom is 0.228 e. The van der Waals surface area contributed by atoms with E-state index in [1.165, 1.54) is 0 Å². The standard InChI is InChI=1S/C13H15Br2NO/c1-9-4-2-3-5-10(9)8-17-13-12(15)6-11(14)7-16-13/h2-3,6-7,9-10H,4-5,8H2,1H3. The Morgan fingerprint density at radius 2 is 2.12 bits per heavy atom. The Labute approximate surface area is 119 Å². The third kappa shape index (κ3) is 3.55. The summed E-state index contributed by atoms with van der Waals surface area (Å²) in [6.07, 6.45) is 8.52. The Kier molecular flexibility index (Phi) is 4.62. The molecule has 0 amide bonds. The van der Waals surface area contributed by atoms with Gasteiger partial charge in [-0.25, -0.2) is 4.98 Å². The average molecular weight is 361 g/mol. The van der Waals surface area contributed by atoms with Gasteiger partial charge in [0.05, 0.1) is 11.1 Å². The molecule has 2 atom stereocenters. The van der Waals surface area contributed by atoms with E-state index >= 15 is 0 Å². The van der Waals surface area contributed by atoms with E-state index in [1.807, 2.05) is 6.07 Å². The monoisotopic (exact) mass is 359 g/mol. The molecule has 0 bridgehead atoms. The molecule has 1 heterocycles. The largest absolute Gasteiger partial charge is 0.477 e. The quantitative estimate of drug-likeness (QED) is 0.735. The van der Waals surface area contributed by atoms with Gasteiger partial charge in [0.1, 0.15) is 0 Å². The second-order valence-corrected chi connectivity index (χ2v) is 6.20. The fraction of sp³-hybridized carbons (Fsp3) is 0.462. The SMILES string of the molecule is CC1CC=CCC1COc1ncc(Br)cc1Br. The molecule has 1 aliphatic carbocycles. The van der Waals surface area contributed by atoms with E-state index in [9.17, 15) is 0 Å². The Morgan fingerprint density at radius 3 is 2.82 bits per heavy atom. The highest BCUT2D eigenvalue weighted by atomic mass is 79.9. The Morgan fingerprint density at radius 1 is 1.35 bits per heavy atom. The highest BCUT2D eigenvalue weighted by molar-refractivity contribution is 9.11. The fourth-order valence-electron chi connectivity index (χ4n) is 1.93. The second kappa shape index (κ2) is 6.01. The van der Waals surface area contributed by atoms with Crippen LogP contribution in [0, 0.1) is 11.8 Å². The fourth-order valence-corrected chi connectivity index (χ4v) is 3.04. The van der Waals surface area contributed by atoms with E-state index < -0.39 is 0 Å². The summed E-state index contributed by atoms with van der Waals surface area (Å²) in [4.78, 5) is 4.25. The molecule has 0 aliphatic heterocycles. The number of pyridine rings is 1. The molecule has 2 rings (SSSR count). The van der Waals surface area contributed by atoms with Crippen LogP contribution in [0.4, 0.5) is 0 Å². The molecule has 1 aromatic rings. The summed E-state index contributed by atoms with van der Waals surface area (Å²) < 4.78 is 7.63. The molecule has 0 spiro atoms. The van der Waals surface area contributed by atoms with Gasteiger partial charge in [0.2, 0.25) is 5.88 Å². The van der Waals surface area contributed by atoms with E-state index in [1.54, 1.807) is 6.20 Å². The van der Waals surface area contributed by atoms with Gasteiger partial charge in [-0.1, -0.05) is 19.1 Å². The second-order valence-electron chi connectivity index (χ2n) is 4.43. The van der Waals surface area contributed by atoms with Crippen LogP contribution in [-0.4, -0.2) is 11.6 Å². The highest BCUT2D eigenvalue weighted by Gasteiger charge is 2.19. The normalized spacial score (nSPS) is 23.7. The summed E-state index contributed by atoms with van der Waals surface area (Å²) in [6.45, 7) is 3.01. The Hall–Kier alpha value is -0.350. The van der Waals surface area contributed by atoms with Crippen LogP contribution in [0.2, 0.25) is 0 Å². The molecule has 0 aromatic carbocycles. The van der Waals surface area contributed by atoms with Crippen molar-refractivity contribution in [3.63, 3.8) is 0 Å². The molecule has 0 saturated carbocycles. The Bertz CT molecular complexity index is 420. The van der Waals surface area contributed by atoms with Crippen LogP contribution >= 0.6 is 31.9 Å². The number of allylic oxidation sites excluding steroid dienone is 2. The van der Waals surface area contributed by atoms with E-state index in [0.717, 1.165) is 28.4 Å². The van der Waals surface area contributed by atoms with Crippen molar-refractivity contribution < 1.29 is 4.74 Å². The summed E-state index contributed by atoms with van der Waals surface area (Å²) >= 11 is 6.83. The third-order valence-corrected chi connectivity index (χ3v) is 4.13. The highest BCUT2D eigenvalue weighted by Crippen LogP contribution is 2.29. The van der Waals surface area contributed by atoms with E-state index in [-0.39, 0.29) is 0 Å². The molecule has 4 heteroatoms. The predicted molar refractivity (Wildman–Crippen MR) is 76.2 cm³/mol. The molecule has 2 nitrogen and oxygen atoms in total. The van der Waals surface area contributed by atoms with Gasteiger partial charge in [0.25, 0.3) is 0 Å². The first-order chi connectivity index (χ1) is 8.16. The smallest absolute Gasteiger partial charge is 0.228 e. The summed E-state index contributed by atoms with van der Waals surface area (Å²) in [5.41, 5.74) is 0. The number of nitrogens with zero attached hydrogens (tertiary/aromatic N) is 1. The van der Waals surface area contributed by atoms with Gasteiger partial charge in [0, 0.05) is 10.7 Å². The third-order valence-electron chi connectivity index (χ3n) is 3.13. The van der Waals surface area contributed by atoms with Crippen LogP contribution in [0.1, 0.15) is 19.8 Å². The van der Waals surface area contributed by atoms with E-state index in [0.29, 0.717) is 17.7 Å². The number of halogens is 2. The molecule has 17 heavy (non-hydrogen) atoms. The van der Waals surface area contributed by atoms with Crippen molar-refractivity contribution in [3.05, 3.63) is 33.4 Å². The van der Waals surface area contributed by atoms with Gasteiger partial charge >= 0.3 is 0 Å². The first-order valence-electron chi connectivity index (χ1n) is 5.75. The lowest BCUT2D eigenvalue weighted by atomic mass is 9.85. The van der Waals surface area contributed by atoms with Crippen LogP contribution in [0.25, 0.3) is 0 Å². The summed E-state index contributed by atoms with van der Waals surface area (Å²) in [5.74, 6) is 1.96. The molecule has 0 radical (unpaired) electrons. The molecule has 0 fully saturated rings. The van der Waals surface area contributed by atoms with Gasteiger partial charge in [-0.3, -0.25) is 0 Å². The molecule has 1 aliphatic rings. The number of hydrogen-bond donors (Lipinski definition) is 0. The Balaban J connectivity index is 1.95. The van der Waals surface area contributed by atoms with Gasteiger partial charge in [-0.2, -0.15) is 0 Å². The lowest BCUT2D eigenvalue weighted by Crippen LogP contribution is -2.21. The zero-order valence-corrected chi connectivity index (χ0v) is 12.9. The molecule has 92 valence electrons. The van der Waals surface area contributed by atoms with Crippen LogP contribution < -0.4 is 4.74 Å². The van der Waals surface area contributed by atoms with Crippen LogP contribution in [0.15, 0.2) is 33.4 Å². The van der Waals surface area contributed by atoms with Gasteiger partial charge in [0.15, 0.2) is 0 Å². The number of rotatable bonds is 3. The van der Waals surface area contributed by atoms with Crippen LogP contribution in [0.5, 0.6) is 5.88 Å². The molecule has 0 saturated heterocycles. The molecule has 0 N–H and O–H groups in total. The van der Waals surface area contributed by atoms with Crippen molar-refractivity contribution in [1.82, 2.24) is 4.98 Å². The van der Waals surface area contributed by atoms with E-state index in [4.69, 9.17) is 4.74 Å². The molecule has 1 aromatic heterocycles. The molecule has 2 unspecified atom stereocenters. The van der Waals surface area contributed by atoms with E-state index in [2.05, 4.69) is 55.9 Å². The van der Waals surface area contributed by atoms with Crippen molar-refractivity contribution in [1.29, 1.82) is 0 Å². The maximum atomic E-state index is 5.79. The van der Waals surface area contributed by atoms with Crippen molar-refractivity contribution in [2.45, 2.75) is 19.8 Å². The molecular weight excluding hydrogens is 346 g/mol. The number of aromatic nitrogens is 1. The zero-order valence-electron chi connectivity index (χ0n) is 9.70. The van der Waals surface area contributed by atoms with Crippen LogP contribution in [-0.2, 0) is 0 Å². The van der Waals surface area contributed by atoms with Crippen molar-refractivity contribution in [2.75, 3.05) is 6.61 Å². The number of hydrogen-bond acceptors (Lipinski definition) is 2. The first kappa shape index (κ1) is 13.1. The number of ether oxygens (including phenoxy) is 1. The lowest BCUT2D eigenvalue weighted by Gasteiger charge is -2.25. The van der Waals surface area contributed by atoms with Gasteiger partial charge in [-0.05, 0) is 62.6 Å². The summed E-state index contributed by atoms with van der Waals surface area (Å²) in [5, 5.41) is 0. The first-order valence-corrected chi connectivity index (χ1v) is 7.34. The minimum atomic E-state index is 0.595. The maximum absolute atomic E-state index is 5.79. The minimum absolute atomic E-state index is 0.595. The average Bonchev–Trinajstić information content (AvgIpc) is 2.30. The topological polar surface area (TPSA) is 22.1 Å². The summed E-state index contributed by atoms with van der Waals surface area (Å²) in [7, 11) is 0. The zero-order chi connectivity index (χ0) is 12.3. The van der Waals surface area contributed by atoms with Crippen LogP contribution in [0.3, 0.4) is 0 Å². The molecular formula is C13H15Br2NO. The predicted octanol–water partition coefficient (Wildman–Crippen LogP) is 4.59. The summed E-state index contributed by atoms with van der Waals surface area (Å²) in [6, 6.07) is 1.95.